The first kappa shape index (κ1) is 22.7. The largest absolute Gasteiger partial charge is 0.423 e. The van der Waals surface area contributed by atoms with Gasteiger partial charge in [-0.05, 0) is 61.4 Å². The second-order valence-corrected chi connectivity index (χ2v) is 7.38. The first-order chi connectivity index (χ1) is 15.3. The zero-order chi connectivity index (χ0) is 23.1. The lowest BCUT2D eigenvalue weighted by Gasteiger charge is -2.08. The van der Waals surface area contributed by atoms with E-state index in [1.54, 1.807) is 48.5 Å². The summed E-state index contributed by atoms with van der Waals surface area (Å²) in [5.41, 5.74) is 5.49. The number of nitrogens with one attached hydrogen (secondary N) is 2. The SMILES string of the molecule is Cc1ccc(NC(=O)C(=O)NN=Cc2cccc(OC(=O)c3cccc(Cl)c3)c2)c(C)c1. The van der Waals surface area contributed by atoms with Crippen molar-refractivity contribution < 1.29 is 19.1 Å². The van der Waals surface area contributed by atoms with Crippen molar-refractivity contribution in [3.8, 4) is 5.75 Å². The van der Waals surface area contributed by atoms with Crippen LogP contribution in [0, 0.1) is 13.8 Å². The van der Waals surface area contributed by atoms with Crippen LogP contribution in [0.15, 0.2) is 71.8 Å². The molecule has 0 aliphatic rings. The zero-order valence-electron chi connectivity index (χ0n) is 17.4. The second-order valence-electron chi connectivity index (χ2n) is 6.94. The molecular weight excluding hydrogens is 430 g/mol. The lowest BCUT2D eigenvalue weighted by atomic mass is 10.1. The Kier molecular flexibility index (Phi) is 7.36. The Hall–Kier alpha value is -3.97. The minimum atomic E-state index is -0.912. The number of carbonyl (C=O) groups is 3. The van der Waals surface area contributed by atoms with E-state index in [0.29, 0.717) is 21.8 Å². The van der Waals surface area contributed by atoms with Crippen LogP contribution in [0.2, 0.25) is 5.02 Å². The molecule has 0 aromatic heterocycles. The molecule has 0 aliphatic heterocycles. The zero-order valence-corrected chi connectivity index (χ0v) is 18.1. The predicted octanol–water partition coefficient (Wildman–Crippen LogP) is 4.26. The second kappa shape index (κ2) is 10.4. The topological polar surface area (TPSA) is 96.9 Å². The maximum atomic E-state index is 12.2. The van der Waals surface area contributed by atoms with E-state index >= 15 is 0 Å². The quantitative estimate of drug-likeness (QED) is 0.200. The normalized spacial score (nSPS) is 10.6. The Morgan fingerprint density at radius 1 is 0.938 bits per heavy atom. The number of esters is 1. The molecule has 7 nitrogen and oxygen atoms in total. The molecule has 3 aromatic rings. The molecule has 0 bridgehead atoms. The van der Waals surface area contributed by atoms with E-state index in [0.717, 1.165) is 11.1 Å². The summed E-state index contributed by atoms with van der Waals surface area (Å²) in [7, 11) is 0. The van der Waals surface area contributed by atoms with E-state index in [1.807, 2.05) is 26.0 Å². The summed E-state index contributed by atoms with van der Waals surface area (Å²) < 4.78 is 5.34. The Labute approximate surface area is 190 Å². The number of hydrogen-bond acceptors (Lipinski definition) is 5. The lowest BCUT2D eigenvalue weighted by Crippen LogP contribution is -2.32. The van der Waals surface area contributed by atoms with Crippen LogP contribution in [0.4, 0.5) is 5.69 Å². The number of amides is 2. The molecule has 0 saturated carbocycles. The van der Waals surface area contributed by atoms with Crippen LogP contribution >= 0.6 is 11.6 Å². The summed E-state index contributed by atoms with van der Waals surface area (Å²) in [5, 5.41) is 6.76. The molecule has 0 unspecified atom stereocenters. The Balaban J connectivity index is 1.57. The fourth-order valence-electron chi connectivity index (χ4n) is 2.79. The number of rotatable bonds is 5. The molecule has 0 heterocycles. The van der Waals surface area contributed by atoms with Gasteiger partial charge in [-0.25, -0.2) is 10.2 Å². The average molecular weight is 450 g/mol. The maximum absolute atomic E-state index is 12.2. The third kappa shape index (κ3) is 6.26. The van der Waals surface area contributed by atoms with Crippen molar-refractivity contribution >= 4 is 41.3 Å². The number of ether oxygens (including phenoxy) is 1. The molecular formula is C24H20ClN3O4. The summed E-state index contributed by atoms with van der Waals surface area (Å²) in [5.74, 6) is -2.01. The van der Waals surface area contributed by atoms with Crippen LogP contribution in [-0.4, -0.2) is 24.0 Å². The number of benzene rings is 3. The molecule has 3 aromatic carbocycles. The van der Waals surface area contributed by atoms with Gasteiger partial charge in [-0.15, -0.1) is 0 Å². The van der Waals surface area contributed by atoms with Gasteiger partial charge in [0.15, 0.2) is 0 Å². The van der Waals surface area contributed by atoms with Crippen molar-refractivity contribution in [2.45, 2.75) is 13.8 Å². The molecule has 2 amide bonds. The van der Waals surface area contributed by atoms with Crippen LogP contribution in [-0.2, 0) is 9.59 Å². The van der Waals surface area contributed by atoms with Gasteiger partial charge in [0, 0.05) is 10.7 Å². The van der Waals surface area contributed by atoms with E-state index < -0.39 is 17.8 Å². The summed E-state index contributed by atoms with van der Waals surface area (Å²) in [6.45, 7) is 3.78. The van der Waals surface area contributed by atoms with Crippen LogP contribution in [0.3, 0.4) is 0 Å². The third-order valence-corrected chi connectivity index (χ3v) is 4.58. The van der Waals surface area contributed by atoms with Crippen molar-refractivity contribution in [2.24, 2.45) is 5.10 Å². The van der Waals surface area contributed by atoms with Gasteiger partial charge in [0.25, 0.3) is 0 Å². The highest BCUT2D eigenvalue weighted by molar-refractivity contribution is 6.39. The minimum absolute atomic E-state index is 0.290. The first-order valence-corrected chi connectivity index (χ1v) is 9.99. The smallest absolute Gasteiger partial charge is 0.343 e. The van der Waals surface area contributed by atoms with Gasteiger partial charge in [-0.3, -0.25) is 9.59 Å². The number of halogens is 1. The van der Waals surface area contributed by atoms with Crippen molar-refractivity contribution in [2.75, 3.05) is 5.32 Å². The molecule has 0 spiro atoms. The number of nitrogens with zero attached hydrogens (tertiary/aromatic N) is 1. The van der Waals surface area contributed by atoms with Crippen molar-refractivity contribution in [1.82, 2.24) is 5.43 Å². The van der Waals surface area contributed by atoms with Crippen molar-refractivity contribution in [1.29, 1.82) is 0 Å². The molecule has 0 saturated heterocycles. The van der Waals surface area contributed by atoms with Crippen LogP contribution < -0.4 is 15.5 Å². The standard InChI is InChI=1S/C24H20ClN3O4/c1-15-9-10-21(16(2)11-15)27-22(29)23(30)28-26-14-17-5-3-8-20(12-17)32-24(31)18-6-4-7-19(25)13-18/h3-14H,1-2H3,(H,27,29)(H,28,30). The number of hydrazone groups is 1. The molecule has 2 N–H and O–H groups in total. The van der Waals surface area contributed by atoms with Gasteiger partial charge in [0.2, 0.25) is 0 Å². The van der Waals surface area contributed by atoms with Crippen LogP contribution in [0.25, 0.3) is 0 Å². The molecule has 32 heavy (non-hydrogen) atoms. The van der Waals surface area contributed by atoms with Gasteiger partial charge in [0.05, 0.1) is 11.8 Å². The maximum Gasteiger partial charge on any atom is 0.343 e. The number of aryl methyl sites for hydroxylation is 2. The Bertz CT molecular complexity index is 1210. The molecule has 0 radical (unpaired) electrons. The summed E-state index contributed by atoms with van der Waals surface area (Å²) >= 11 is 5.89. The molecule has 3 rings (SSSR count). The van der Waals surface area contributed by atoms with Crippen molar-refractivity contribution in [3.63, 3.8) is 0 Å². The fraction of sp³-hybridized carbons (Fsp3) is 0.0833. The van der Waals surface area contributed by atoms with E-state index in [2.05, 4.69) is 15.8 Å². The summed E-state index contributed by atoms with van der Waals surface area (Å²) in [6, 6.07) is 18.4. The van der Waals surface area contributed by atoms with Gasteiger partial charge in [-0.2, -0.15) is 5.10 Å². The fourth-order valence-corrected chi connectivity index (χ4v) is 2.98. The Morgan fingerprint density at radius 3 is 2.47 bits per heavy atom. The number of hydrogen-bond donors (Lipinski definition) is 2. The van der Waals surface area contributed by atoms with Crippen LogP contribution in [0.1, 0.15) is 27.0 Å². The highest BCUT2D eigenvalue weighted by atomic mass is 35.5. The monoisotopic (exact) mass is 449 g/mol. The lowest BCUT2D eigenvalue weighted by molar-refractivity contribution is -0.136. The van der Waals surface area contributed by atoms with Gasteiger partial charge >= 0.3 is 17.8 Å². The highest BCUT2D eigenvalue weighted by Crippen LogP contribution is 2.17. The summed E-state index contributed by atoms with van der Waals surface area (Å²) in [4.78, 5) is 36.3. The molecule has 0 atom stereocenters. The molecule has 0 fully saturated rings. The Morgan fingerprint density at radius 2 is 1.72 bits per heavy atom. The summed E-state index contributed by atoms with van der Waals surface area (Å²) in [6.07, 6.45) is 1.33. The van der Waals surface area contributed by atoms with Crippen molar-refractivity contribution in [3.05, 3.63) is 94.0 Å². The number of anilines is 1. The average Bonchev–Trinajstić information content (AvgIpc) is 2.76. The van der Waals surface area contributed by atoms with Gasteiger partial charge in [0.1, 0.15) is 5.75 Å². The predicted molar refractivity (Wildman–Crippen MR) is 123 cm³/mol. The molecule has 0 aliphatic carbocycles. The van der Waals surface area contributed by atoms with E-state index in [4.69, 9.17) is 16.3 Å². The minimum Gasteiger partial charge on any atom is -0.423 e. The third-order valence-electron chi connectivity index (χ3n) is 4.35. The number of carbonyl (C=O) groups excluding carboxylic acids is 3. The van der Waals surface area contributed by atoms with Crippen LogP contribution in [0.5, 0.6) is 5.75 Å². The van der Waals surface area contributed by atoms with E-state index in [9.17, 15) is 14.4 Å². The van der Waals surface area contributed by atoms with E-state index in [-0.39, 0.29) is 5.75 Å². The van der Waals surface area contributed by atoms with Gasteiger partial charge in [-0.1, -0.05) is 47.5 Å². The first-order valence-electron chi connectivity index (χ1n) is 9.61. The molecule has 162 valence electrons. The van der Waals surface area contributed by atoms with E-state index in [1.165, 1.54) is 12.3 Å². The molecule has 8 heteroatoms. The highest BCUT2D eigenvalue weighted by Gasteiger charge is 2.14. The van der Waals surface area contributed by atoms with Gasteiger partial charge < -0.3 is 10.1 Å².